The van der Waals surface area contributed by atoms with Crippen LogP contribution in [0.4, 0.5) is 0 Å². The van der Waals surface area contributed by atoms with Crippen molar-refractivity contribution in [3.8, 4) is 0 Å². The minimum atomic E-state index is 0.0956. The maximum atomic E-state index is 12.6. The molecule has 1 aromatic carbocycles. The highest BCUT2D eigenvalue weighted by Gasteiger charge is 2.45. The summed E-state index contributed by atoms with van der Waals surface area (Å²) in [5, 5.41) is 3.33. The zero-order valence-corrected chi connectivity index (χ0v) is 14.5. The molecule has 1 aromatic rings. The smallest absolute Gasteiger partial charge is 0.226 e. The van der Waals surface area contributed by atoms with Gasteiger partial charge in [0, 0.05) is 25.7 Å². The van der Waals surface area contributed by atoms with E-state index in [4.69, 9.17) is 4.74 Å². The standard InChI is InChI=1S/C20H28N2O2/c1-14-12-22(13-15-5-3-2-4-6-15)10-9-18(14)21-20(23)17-11-16-7-8-19(17)24-16/h2-6,14,16-19H,7-13H2,1H3,(H,21,23)/t14-,16-,17-,18+,19-/m1/s1. The van der Waals surface area contributed by atoms with Gasteiger partial charge in [-0.1, -0.05) is 37.3 Å². The van der Waals surface area contributed by atoms with Gasteiger partial charge in [-0.25, -0.2) is 0 Å². The fourth-order valence-corrected chi connectivity index (χ4v) is 4.64. The van der Waals surface area contributed by atoms with Crippen LogP contribution in [0.1, 0.15) is 38.2 Å². The van der Waals surface area contributed by atoms with Gasteiger partial charge in [0.15, 0.2) is 0 Å². The predicted molar refractivity (Wildman–Crippen MR) is 93.4 cm³/mol. The van der Waals surface area contributed by atoms with E-state index < -0.39 is 0 Å². The van der Waals surface area contributed by atoms with Crippen LogP contribution in [0.3, 0.4) is 0 Å². The second-order valence-corrected chi connectivity index (χ2v) is 7.82. The molecule has 4 rings (SSSR count). The summed E-state index contributed by atoms with van der Waals surface area (Å²) < 4.78 is 5.84. The number of piperidine rings is 1. The number of fused-ring (bicyclic) bond motifs is 2. The maximum absolute atomic E-state index is 12.6. The third-order valence-electron chi connectivity index (χ3n) is 6.01. The zero-order chi connectivity index (χ0) is 16.5. The van der Waals surface area contributed by atoms with Gasteiger partial charge in [0.2, 0.25) is 5.91 Å². The fourth-order valence-electron chi connectivity index (χ4n) is 4.64. The van der Waals surface area contributed by atoms with E-state index in [0.717, 1.165) is 45.3 Å². The number of carbonyl (C=O) groups is 1. The van der Waals surface area contributed by atoms with Crippen molar-refractivity contribution in [3.05, 3.63) is 35.9 Å². The number of nitrogens with zero attached hydrogens (tertiary/aromatic N) is 1. The summed E-state index contributed by atoms with van der Waals surface area (Å²) in [7, 11) is 0. The highest BCUT2D eigenvalue weighted by Crippen LogP contribution is 2.39. The van der Waals surface area contributed by atoms with Gasteiger partial charge in [-0.15, -0.1) is 0 Å². The molecule has 1 amide bonds. The first-order valence-corrected chi connectivity index (χ1v) is 9.41. The Morgan fingerprint density at radius 3 is 2.75 bits per heavy atom. The van der Waals surface area contributed by atoms with Gasteiger partial charge in [0.1, 0.15) is 0 Å². The lowest BCUT2D eigenvalue weighted by Crippen LogP contribution is -2.51. The third-order valence-corrected chi connectivity index (χ3v) is 6.01. The van der Waals surface area contributed by atoms with Crippen LogP contribution in [-0.2, 0) is 16.1 Å². The first-order valence-electron chi connectivity index (χ1n) is 9.41. The normalized spacial score (nSPS) is 36.0. The summed E-state index contributed by atoms with van der Waals surface area (Å²) in [6, 6.07) is 10.9. The molecular formula is C20H28N2O2. The van der Waals surface area contributed by atoms with Gasteiger partial charge in [0.25, 0.3) is 0 Å². The van der Waals surface area contributed by atoms with E-state index in [1.807, 2.05) is 0 Å². The van der Waals surface area contributed by atoms with Crippen molar-refractivity contribution >= 4 is 5.91 Å². The number of hydrogen-bond acceptors (Lipinski definition) is 3. The summed E-state index contributed by atoms with van der Waals surface area (Å²) >= 11 is 0. The Bertz CT molecular complexity index is 576. The summed E-state index contributed by atoms with van der Waals surface area (Å²) in [6.45, 7) is 5.37. The van der Waals surface area contributed by atoms with Crippen LogP contribution < -0.4 is 5.32 Å². The molecule has 3 aliphatic rings. The minimum Gasteiger partial charge on any atom is -0.374 e. The highest BCUT2D eigenvalue weighted by atomic mass is 16.5. The van der Waals surface area contributed by atoms with Crippen LogP contribution in [-0.4, -0.2) is 42.1 Å². The van der Waals surface area contributed by atoms with Crippen LogP contribution in [0.2, 0.25) is 0 Å². The van der Waals surface area contributed by atoms with Gasteiger partial charge < -0.3 is 10.1 Å². The molecule has 2 bridgehead atoms. The molecule has 0 saturated carbocycles. The Balaban J connectivity index is 1.28. The number of ether oxygens (including phenoxy) is 1. The van der Waals surface area contributed by atoms with Crippen LogP contribution >= 0.6 is 0 Å². The average molecular weight is 328 g/mol. The molecule has 3 heterocycles. The second kappa shape index (κ2) is 6.85. The van der Waals surface area contributed by atoms with Crippen molar-refractivity contribution in [2.24, 2.45) is 11.8 Å². The Hall–Kier alpha value is -1.39. The highest BCUT2D eigenvalue weighted by molar-refractivity contribution is 5.80. The first kappa shape index (κ1) is 16.1. The van der Waals surface area contributed by atoms with Crippen LogP contribution in [0.25, 0.3) is 0 Å². The number of rotatable bonds is 4. The Labute approximate surface area is 144 Å². The van der Waals surface area contributed by atoms with Crippen molar-refractivity contribution in [3.63, 3.8) is 0 Å². The number of carbonyl (C=O) groups excluding carboxylic acids is 1. The molecule has 24 heavy (non-hydrogen) atoms. The van der Waals surface area contributed by atoms with Gasteiger partial charge in [0.05, 0.1) is 18.1 Å². The van der Waals surface area contributed by atoms with E-state index in [1.165, 1.54) is 5.56 Å². The molecule has 0 spiro atoms. The molecule has 0 aliphatic carbocycles. The number of amides is 1. The molecule has 130 valence electrons. The Kier molecular flexibility index (Phi) is 4.59. The molecule has 0 radical (unpaired) electrons. The van der Waals surface area contributed by atoms with Crippen molar-refractivity contribution in [2.75, 3.05) is 13.1 Å². The minimum absolute atomic E-state index is 0.0956. The quantitative estimate of drug-likeness (QED) is 0.924. The lowest BCUT2D eigenvalue weighted by atomic mass is 9.87. The van der Waals surface area contributed by atoms with Gasteiger partial charge in [-0.05, 0) is 37.2 Å². The molecule has 0 unspecified atom stereocenters. The number of nitrogens with one attached hydrogen (secondary N) is 1. The molecule has 3 aliphatic heterocycles. The fraction of sp³-hybridized carbons (Fsp3) is 0.650. The third kappa shape index (κ3) is 3.35. The van der Waals surface area contributed by atoms with Crippen LogP contribution in [0.15, 0.2) is 30.3 Å². The van der Waals surface area contributed by atoms with E-state index in [9.17, 15) is 4.79 Å². The van der Waals surface area contributed by atoms with Crippen molar-refractivity contribution in [2.45, 2.75) is 57.4 Å². The Morgan fingerprint density at radius 1 is 1.25 bits per heavy atom. The molecule has 5 atom stereocenters. The molecule has 3 fully saturated rings. The first-order chi connectivity index (χ1) is 11.7. The molecule has 0 aromatic heterocycles. The predicted octanol–water partition coefficient (Wildman–Crippen LogP) is 2.58. The maximum Gasteiger partial charge on any atom is 0.226 e. The topological polar surface area (TPSA) is 41.6 Å². The van der Waals surface area contributed by atoms with E-state index in [0.29, 0.717) is 18.1 Å². The lowest BCUT2D eigenvalue weighted by Gasteiger charge is -2.38. The molecule has 3 saturated heterocycles. The summed E-state index contributed by atoms with van der Waals surface area (Å²) in [5.74, 6) is 0.819. The van der Waals surface area contributed by atoms with E-state index in [1.54, 1.807) is 0 Å². The number of hydrogen-bond donors (Lipinski definition) is 1. The molecular weight excluding hydrogens is 300 g/mol. The number of benzene rings is 1. The molecule has 1 N–H and O–H groups in total. The zero-order valence-electron chi connectivity index (χ0n) is 14.5. The summed E-state index contributed by atoms with van der Waals surface area (Å²) in [5.41, 5.74) is 1.37. The van der Waals surface area contributed by atoms with Crippen LogP contribution in [0.5, 0.6) is 0 Å². The second-order valence-electron chi connectivity index (χ2n) is 7.82. The summed E-state index contributed by atoms with van der Waals surface area (Å²) in [4.78, 5) is 15.1. The largest absolute Gasteiger partial charge is 0.374 e. The van der Waals surface area contributed by atoms with Crippen molar-refractivity contribution < 1.29 is 9.53 Å². The van der Waals surface area contributed by atoms with E-state index >= 15 is 0 Å². The van der Waals surface area contributed by atoms with Gasteiger partial charge in [-0.2, -0.15) is 0 Å². The average Bonchev–Trinajstić information content (AvgIpc) is 3.21. The van der Waals surface area contributed by atoms with E-state index in [2.05, 4.69) is 47.5 Å². The number of likely N-dealkylation sites (tertiary alicyclic amines) is 1. The monoisotopic (exact) mass is 328 g/mol. The Morgan fingerprint density at radius 2 is 2.08 bits per heavy atom. The van der Waals surface area contributed by atoms with Crippen LogP contribution in [0, 0.1) is 11.8 Å². The van der Waals surface area contributed by atoms with Gasteiger partial charge in [-0.3, -0.25) is 9.69 Å². The van der Waals surface area contributed by atoms with E-state index in [-0.39, 0.29) is 17.9 Å². The van der Waals surface area contributed by atoms with Crippen molar-refractivity contribution in [1.29, 1.82) is 0 Å². The SMILES string of the molecule is C[C@@H]1CN(Cc2ccccc2)CC[C@@H]1NC(=O)[C@@H]1C[C@H]2CC[C@H]1O2. The lowest BCUT2D eigenvalue weighted by molar-refractivity contribution is -0.128. The van der Waals surface area contributed by atoms with Crippen molar-refractivity contribution in [1.82, 2.24) is 10.2 Å². The van der Waals surface area contributed by atoms with Gasteiger partial charge >= 0.3 is 0 Å². The molecule has 4 nitrogen and oxygen atoms in total. The summed E-state index contributed by atoms with van der Waals surface area (Å²) in [6.07, 6.45) is 4.70. The molecule has 4 heteroatoms.